The minimum Gasteiger partial charge on any atom is -0.507 e. The molecular formula is C21H15ClFN3O. The van der Waals surface area contributed by atoms with Gasteiger partial charge in [-0.05, 0) is 48.0 Å². The van der Waals surface area contributed by atoms with E-state index >= 15 is 0 Å². The number of phenols is 1. The molecule has 1 aliphatic rings. The fourth-order valence-electron chi connectivity index (χ4n) is 3.42. The molecule has 0 saturated carbocycles. The second kappa shape index (κ2) is 6.49. The quantitative estimate of drug-likeness (QED) is 0.599. The summed E-state index contributed by atoms with van der Waals surface area (Å²) in [6.07, 6.45) is 0.203. The van der Waals surface area contributed by atoms with Gasteiger partial charge in [-0.2, -0.15) is 5.26 Å². The molecule has 0 aromatic heterocycles. The summed E-state index contributed by atoms with van der Waals surface area (Å²) in [4.78, 5) is 0. The van der Waals surface area contributed by atoms with Crippen molar-refractivity contribution >= 4 is 23.0 Å². The predicted octanol–water partition coefficient (Wildman–Crippen LogP) is 4.99. The van der Waals surface area contributed by atoms with E-state index < -0.39 is 11.5 Å². The normalized spacial score (nSPS) is 14.0. The lowest BCUT2D eigenvalue weighted by Gasteiger charge is -2.32. The summed E-state index contributed by atoms with van der Waals surface area (Å²) in [6, 6.07) is 18.8. The average Bonchev–Trinajstić information content (AvgIpc) is 3.02. The number of benzene rings is 3. The van der Waals surface area contributed by atoms with Gasteiger partial charge in [-0.25, -0.2) is 4.39 Å². The van der Waals surface area contributed by atoms with Gasteiger partial charge in [0.15, 0.2) is 0 Å². The molecule has 134 valence electrons. The highest BCUT2D eigenvalue weighted by Crippen LogP contribution is 2.44. The van der Waals surface area contributed by atoms with Gasteiger partial charge in [0.25, 0.3) is 0 Å². The Bertz CT molecular complexity index is 1050. The molecule has 3 aromatic carbocycles. The fraction of sp³-hybridized carbons (Fsp3) is 0.0952. The van der Waals surface area contributed by atoms with E-state index in [9.17, 15) is 9.50 Å². The minimum absolute atomic E-state index is 0.00404. The van der Waals surface area contributed by atoms with E-state index in [2.05, 4.69) is 10.6 Å². The van der Waals surface area contributed by atoms with E-state index in [1.165, 1.54) is 12.1 Å². The Kier molecular flexibility index (Phi) is 4.14. The minimum atomic E-state index is -0.965. The van der Waals surface area contributed by atoms with Crippen molar-refractivity contribution in [3.63, 3.8) is 0 Å². The number of hydrogen-bond donors (Lipinski definition) is 3. The maximum Gasteiger partial charge on any atom is 0.142 e. The van der Waals surface area contributed by atoms with E-state index in [-0.39, 0.29) is 17.7 Å². The van der Waals surface area contributed by atoms with Crippen LogP contribution < -0.4 is 10.6 Å². The average molecular weight is 380 g/mol. The van der Waals surface area contributed by atoms with Gasteiger partial charge in [0, 0.05) is 17.0 Å². The summed E-state index contributed by atoms with van der Waals surface area (Å²) in [6.45, 7) is 0. The Balaban J connectivity index is 1.82. The molecule has 6 heteroatoms. The zero-order chi connectivity index (χ0) is 19.0. The van der Waals surface area contributed by atoms with E-state index in [0.717, 1.165) is 11.4 Å². The number of rotatable bonds is 3. The Morgan fingerprint density at radius 1 is 1.04 bits per heavy atom. The first-order valence-electron chi connectivity index (χ1n) is 8.34. The lowest BCUT2D eigenvalue weighted by molar-refractivity contribution is 0.443. The van der Waals surface area contributed by atoms with Crippen LogP contribution >= 0.6 is 11.6 Å². The van der Waals surface area contributed by atoms with Crippen molar-refractivity contribution in [2.24, 2.45) is 0 Å². The maximum atomic E-state index is 14.6. The molecule has 0 bridgehead atoms. The third-order valence-corrected chi connectivity index (χ3v) is 4.92. The van der Waals surface area contributed by atoms with Crippen molar-refractivity contribution in [2.75, 3.05) is 10.6 Å². The highest BCUT2D eigenvalue weighted by Gasteiger charge is 2.40. The molecule has 0 atom stereocenters. The molecule has 0 spiro atoms. The van der Waals surface area contributed by atoms with Gasteiger partial charge in [-0.15, -0.1) is 0 Å². The number of para-hydroxylation sites is 2. The van der Waals surface area contributed by atoms with Crippen LogP contribution in [0.5, 0.6) is 5.75 Å². The van der Waals surface area contributed by atoms with Crippen molar-refractivity contribution in [1.82, 2.24) is 0 Å². The van der Waals surface area contributed by atoms with E-state index in [4.69, 9.17) is 16.9 Å². The van der Waals surface area contributed by atoms with Gasteiger partial charge in [0.1, 0.15) is 17.2 Å². The summed E-state index contributed by atoms with van der Waals surface area (Å²) < 4.78 is 14.6. The molecule has 0 unspecified atom stereocenters. The number of nitrogens with zero attached hydrogens (tertiary/aromatic N) is 1. The second-order valence-electron chi connectivity index (χ2n) is 6.46. The lowest BCUT2D eigenvalue weighted by atomic mass is 9.91. The van der Waals surface area contributed by atoms with Crippen LogP contribution in [0, 0.1) is 17.1 Å². The van der Waals surface area contributed by atoms with Crippen LogP contribution in [0.3, 0.4) is 0 Å². The standard InChI is InChI=1S/C21H15ClFN3O/c22-15-7-8-16(20(27)10-15)21(25-18-3-1-2-4-19(18)26-21)11-14-6-5-13(12-24)9-17(14)23/h1-10,25-27H,11H2. The lowest BCUT2D eigenvalue weighted by Crippen LogP contribution is -2.41. The number of nitrogens with one attached hydrogen (secondary N) is 2. The van der Waals surface area contributed by atoms with Gasteiger partial charge in [0.05, 0.1) is 23.0 Å². The molecule has 27 heavy (non-hydrogen) atoms. The van der Waals surface area contributed by atoms with Crippen LogP contribution in [0.15, 0.2) is 60.7 Å². The first-order chi connectivity index (χ1) is 13.0. The maximum absolute atomic E-state index is 14.6. The molecule has 1 aliphatic heterocycles. The molecule has 4 nitrogen and oxygen atoms in total. The smallest absolute Gasteiger partial charge is 0.142 e. The number of nitriles is 1. The summed E-state index contributed by atoms with van der Waals surface area (Å²) in [5, 5.41) is 26.7. The van der Waals surface area contributed by atoms with Crippen LogP contribution in [0.1, 0.15) is 16.7 Å². The van der Waals surface area contributed by atoms with Crippen LogP contribution in [-0.4, -0.2) is 5.11 Å². The number of hydrogen-bond acceptors (Lipinski definition) is 4. The molecule has 0 fully saturated rings. The Hall–Kier alpha value is -3.23. The van der Waals surface area contributed by atoms with E-state index in [0.29, 0.717) is 16.1 Å². The molecule has 1 heterocycles. The van der Waals surface area contributed by atoms with Crippen molar-refractivity contribution in [1.29, 1.82) is 5.26 Å². The molecule has 0 radical (unpaired) electrons. The molecular weight excluding hydrogens is 365 g/mol. The Labute approximate surface area is 160 Å². The van der Waals surface area contributed by atoms with Crippen molar-refractivity contribution in [3.8, 4) is 11.8 Å². The zero-order valence-corrected chi connectivity index (χ0v) is 14.9. The summed E-state index contributed by atoms with van der Waals surface area (Å²) >= 11 is 5.99. The van der Waals surface area contributed by atoms with Gasteiger partial charge >= 0.3 is 0 Å². The molecule has 4 rings (SSSR count). The first-order valence-corrected chi connectivity index (χ1v) is 8.71. The third-order valence-electron chi connectivity index (χ3n) is 4.68. The monoisotopic (exact) mass is 379 g/mol. The molecule has 0 saturated heterocycles. The predicted molar refractivity (Wildman–Crippen MR) is 103 cm³/mol. The second-order valence-corrected chi connectivity index (χ2v) is 6.89. The first kappa shape index (κ1) is 17.2. The SMILES string of the molecule is N#Cc1ccc(CC2(c3ccc(Cl)cc3O)Nc3ccccc3N2)c(F)c1. The number of aromatic hydroxyl groups is 1. The fourth-order valence-corrected chi connectivity index (χ4v) is 3.59. The third kappa shape index (κ3) is 3.05. The Morgan fingerprint density at radius 2 is 1.74 bits per heavy atom. The van der Waals surface area contributed by atoms with Gasteiger partial charge in [-0.1, -0.05) is 29.8 Å². The largest absolute Gasteiger partial charge is 0.507 e. The number of fused-ring (bicyclic) bond motifs is 1. The number of phenolic OH excluding ortho intramolecular Hbond substituents is 1. The molecule has 0 aliphatic carbocycles. The van der Waals surface area contributed by atoms with Crippen LogP contribution in [0.25, 0.3) is 0 Å². The van der Waals surface area contributed by atoms with Crippen molar-refractivity contribution < 1.29 is 9.50 Å². The summed E-state index contributed by atoms with van der Waals surface area (Å²) in [7, 11) is 0. The van der Waals surface area contributed by atoms with Crippen molar-refractivity contribution in [3.05, 3.63) is 88.2 Å². The van der Waals surface area contributed by atoms with E-state index in [1.54, 1.807) is 24.3 Å². The van der Waals surface area contributed by atoms with Gasteiger partial charge < -0.3 is 15.7 Å². The van der Waals surface area contributed by atoms with E-state index in [1.807, 2.05) is 30.3 Å². The molecule has 0 amide bonds. The summed E-state index contributed by atoms with van der Waals surface area (Å²) in [5.41, 5.74) is 1.95. The van der Waals surface area contributed by atoms with Crippen LogP contribution in [-0.2, 0) is 12.1 Å². The zero-order valence-electron chi connectivity index (χ0n) is 14.1. The van der Waals surface area contributed by atoms with Crippen LogP contribution in [0.4, 0.5) is 15.8 Å². The number of anilines is 2. The topological polar surface area (TPSA) is 68.1 Å². The molecule has 3 N–H and O–H groups in total. The van der Waals surface area contributed by atoms with Gasteiger partial charge in [-0.3, -0.25) is 0 Å². The van der Waals surface area contributed by atoms with Gasteiger partial charge in [0.2, 0.25) is 0 Å². The highest BCUT2D eigenvalue weighted by atomic mass is 35.5. The van der Waals surface area contributed by atoms with Crippen LogP contribution in [0.2, 0.25) is 5.02 Å². The van der Waals surface area contributed by atoms with Crippen molar-refractivity contribution in [2.45, 2.75) is 12.1 Å². The Morgan fingerprint density at radius 3 is 2.33 bits per heavy atom. The molecule has 3 aromatic rings. The number of halogens is 2. The highest BCUT2D eigenvalue weighted by molar-refractivity contribution is 6.30. The summed E-state index contributed by atoms with van der Waals surface area (Å²) in [5.74, 6) is -0.467.